The number of rotatable bonds is 2. The Morgan fingerprint density at radius 1 is 1.35 bits per heavy atom. The van der Waals surface area contributed by atoms with Gasteiger partial charge in [0.2, 0.25) is 11.7 Å². The van der Waals surface area contributed by atoms with Gasteiger partial charge in [-0.15, -0.1) is 0 Å². The molecule has 1 aliphatic rings. The van der Waals surface area contributed by atoms with Crippen molar-refractivity contribution in [2.24, 2.45) is 5.92 Å². The molecule has 1 saturated heterocycles. The molecule has 0 unspecified atom stereocenters. The van der Waals surface area contributed by atoms with Crippen LogP contribution in [0.25, 0.3) is 11.5 Å². The third kappa shape index (κ3) is 1.91. The Bertz CT molecular complexity index is 498. The molecule has 1 aliphatic heterocycles. The van der Waals surface area contributed by atoms with Gasteiger partial charge in [0.05, 0.1) is 12.1 Å². The SMILES string of the molecule is C[C@@H]1CNC[C@H]1c1nc(-c2cnccn2)no1. The second-order valence-electron chi connectivity index (χ2n) is 4.29. The van der Waals surface area contributed by atoms with Gasteiger partial charge in [-0.2, -0.15) is 4.98 Å². The van der Waals surface area contributed by atoms with E-state index < -0.39 is 0 Å². The zero-order chi connectivity index (χ0) is 11.7. The molecule has 0 aromatic carbocycles. The lowest BCUT2D eigenvalue weighted by atomic mass is 9.98. The number of hydrogen-bond donors (Lipinski definition) is 1. The highest BCUT2D eigenvalue weighted by molar-refractivity contribution is 5.45. The predicted molar refractivity (Wildman–Crippen MR) is 60.1 cm³/mol. The number of nitrogens with zero attached hydrogens (tertiary/aromatic N) is 4. The van der Waals surface area contributed by atoms with Crippen LogP contribution in [0, 0.1) is 5.92 Å². The van der Waals surface area contributed by atoms with Crippen molar-refractivity contribution in [3.63, 3.8) is 0 Å². The summed E-state index contributed by atoms with van der Waals surface area (Å²) >= 11 is 0. The molecule has 1 N–H and O–H groups in total. The summed E-state index contributed by atoms with van der Waals surface area (Å²) in [6.07, 6.45) is 4.86. The standard InChI is InChI=1S/C11H13N5O/c1-7-4-13-5-8(7)11-15-10(16-17-11)9-6-12-2-3-14-9/h2-3,6-8,13H,4-5H2,1H3/t7-,8-/m1/s1. The highest BCUT2D eigenvalue weighted by atomic mass is 16.5. The minimum atomic E-state index is 0.299. The lowest BCUT2D eigenvalue weighted by molar-refractivity contribution is 0.340. The summed E-state index contributed by atoms with van der Waals surface area (Å²) in [6, 6.07) is 0. The minimum absolute atomic E-state index is 0.299. The molecular weight excluding hydrogens is 218 g/mol. The second-order valence-corrected chi connectivity index (χ2v) is 4.29. The molecule has 0 saturated carbocycles. The van der Waals surface area contributed by atoms with Gasteiger partial charge in [-0.1, -0.05) is 12.1 Å². The van der Waals surface area contributed by atoms with Crippen molar-refractivity contribution in [1.82, 2.24) is 25.4 Å². The van der Waals surface area contributed by atoms with Crippen LogP contribution in [0.5, 0.6) is 0 Å². The van der Waals surface area contributed by atoms with Gasteiger partial charge in [-0.25, -0.2) is 4.98 Å². The van der Waals surface area contributed by atoms with E-state index in [4.69, 9.17) is 4.52 Å². The fourth-order valence-electron chi connectivity index (χ4n) is 2.05. The molecular formula is C11H13N5O. The normalized spacial score (nSPS) is 24.1. The Hall–Kier alpha value is -1.82. The quantitative estimate of drug-likeness (QED) is 0.825. The van der Waals surface area contributed by atoms with E-state index in [1.54, 1.807) is 18.6 Å². The lowest BCUT2D eigenvalue weighted by Crippen LogP contribution is -2.08. The fourth-order valence-corrected chi connectivity index (χ4v) is 2.05. The van der Waals surface area contributed by atoms with E-state index >= 15 is 0 Å². The number of aromatic nitrogens is 4. The Balaban J connectivity index is 1.88. The average molecular weight is 231 g/mol. The van der Waals surface area contributed by atoms with E-state index in [0.29, 0.717) is 29.2 Å². The molecule has 2 aromatic heterocycles. The molecule has 0 spiro atoms. The molecule has 88 valence electrons. The number of hydrogen-bond acceptors (Lipinski definition) is 6. The van der Waals surface area contributed by atoms with E-state index in [9.17, 15) is 0 Å². The van der Waals surface area contributed by atoms with Gasteiger partial charge in [0.25, 0.3) is 0 Å². The van der Waals surface area contributed by atoms with Gasteiger partial charge in [0.15, 0.2) is 0 Å². The Morgan fingerprint density at radius 2 is 2.29 bits per heavy atom. The molecule has 0 bridgehead atoms. The van der Waals surface area contributed by atoms with Crippen LogP contribution in [-0.4, -0.2) is 33.2 Å². The van der Waals surface area contributed by atoms with Crippen LogP contribution in [0.15, 0.2) is 23.1 Å². The van der Waals surface area contributed by atoms with E-state index in [-0.39, 0.29) is 0 Å². The summed E-state index contributed by atoms with van der Waals surface area (Å²) in [5.74, 6) is 2.01. The minimum Gasteiger partial charge on any atom is -0.339 e. The van der Waals surface area contributed by atoms with Crippen molar-refractivity contribution >= 4 is 0 Å². The highest BCUT2D eigenvalue weighted by Gasteiger charge is 2.29. The third-order valence-electron chi connectivity index (χ3n) is 3.07. The molecule has 0 amide bonds. The Labute approximate surface area is 98.5 Å². The second kappa shape index (κ2) is 4.21. The van der Waals surface area contributed by atoms with Gasteiger partial charge in [0, 0.05) is 18.9 Å². The van der Waals surface area contributed by atoms with Gasteiger partial charge in [0.1, 0.15) is 5.69 Å². The van der Waals surface area contributed by atoms with Crippen LogP contribution >= 0.6 is 0 Å². The predicted octanol–water partition coefficient (Wildman–Crippen LogP) is 0.849. The zero-order valence-electron chi connectivity index (χ0n) is 9.50. The van der Waals surface area contributed by atoms with Crippen molar-refractivity contribution in [1.29, 1.82) is 0 Å². The smallest absolute Gasteiger partial charge is 0.231 e. The summed E-state index contributed by atoms with van der Waals surface area (Å²) in [5, 5.41) is 7.26. The van der Waals surface area contributed by atoms with E-state index in [0.717, 1.165) is 13.1 Å². The first-order chi connectivity index (χ1) is 8.34. The average Bonchev–Trinajstić information content (AvgIpc) is 2.98. The maximum atomic E-state index is 5.30. The molecule has 1 fully saturated rings. The molecule has 2 atom stereocenters. The van der Waals surface area contributed by atoms with Crippen molar-refractivity contribution in [2.75, 3.05) is 13.1 Å². The van der Waals surface area contributed by atoms with Crippen LogP contribution in [0.1, 0.15) is 18.7 Å². The van der Waals surface area contributed by atoms with E-state index in [1.807, 2.05) is 0 Å². The summed E-state index contributed by atoms with van der Waals surface area (Å²) in [4.78, 5) is 12.5. The monoisotopic (exact) mass is 231 g/mol. The molecule has 6 nitrogen and oxygen atoms in total. The highest BCUT2D eigenvalue weighted by Crippen LogP contribution is 2.27. The maximum absolute atomic E-state index is 5.30. The first-order valence-corrected chi connectivity index (χ1v) is 5.65. The van der Waals surface area contributed by atoms with Crippen molar-refractivity contribution in [3.05, 3.63) is 24.5 Å². The van der Waals surface area contributed by atoms with Crippen molar-refractivity contribution < 1.29 is 4.52 Å². The van der Waals surface area contributed by atoms with Gasteiger partial charge >= 0.3 is 0 Å². The van der Waals surface area contributed by atoms with Crippen LogP contribution in [0.2, 0.25) is 0 Å². The van der Waals surface area contributed by atoms with E-state index in [1.165, 1.54) is 0 Å². The summed E-state index contributed by atoms with van der Waals surface area (Å²) < 4.78 is 5.30. The van der Waals surface area contributed by atoms with Crippen molar-refractivity contribution in [2.45, 2.75) is 12.8 Å². The van der Waals surface area contributed by atoms with Crippen LogP contribution in [0.4, 0.5) is 0 Å². The summed E-state index contributed by atoms with van der Waals surface area (Å²) in [6.45, 7) is 4.06. The number of nitrogens with one attached hydrogen (secondary N) is 1. The molecule has 3 rings (SSSR count). The lowest BCUT2D eigenvalue weighted by Gasteiger charge is -2.07. The summed E-state index contributed by atoms with van der Waals surface area (Å²) in [7, 11) is 0. The van der Waals surface area contributed by atoms with Crippen LogP contribution < -0.4 is 5.32 Å². The van der Waals surface area contributed by atoms with Gasteiger partial charge in [-0.3, -0.25) is 4.98 Å². The largest absolute Gasteiger partial charge is 0.339 e. The molecule has 3 heterocycles. The van der Waals surface area contributed by atoms with E-state index in [2.05, 4.69) is 32.3 Å². The summed E-state index contributed by atoms with van der Waals surface area (Å²) in [5.41, 5.74) is 0.640. The first-order valence-electron chi connectivity index (χ1n) is 5.65. The van der Waals surface area contributed by atoms with Gasteiger partial charge < -0.3 is 9.84 Å². The first kappa shape index (κ1) is 10.3. The molecule has 0 aliphatic carbocycles. The Morgan fingerprint density at radius 3 is 3.00 bits per heavy atom. The topological polar surface area (TPSA) is 76.7 Å². The maximum Gasteiger partial charge on any atom is 0.231 e. The molecule has 2 aromatic rings. The van der Waals surface area contributed by atoms with Crippen LogP contribution in [-0.2, 0) is 0 Å². The molecule has 6 heteroatoms. The molecule has 0 radical (unpaired) electrons. The fraction of sp³-hybridized carbons (Fsp3) is 0.455. The Kier molecular flexibility index (Phi) is 2.56. The van der Waals surface area contributed by atoms with Crippen molar-refractivity contribution in [3.8, 4) is 11.5 Å². The van der Waals surface area contributed by atoms with Crippen LogP contribution in [0.3, 0.4) is 0 Å². The molecule has 17 heavy (non-hydrogen) atoms. The van der Waals surface area contributed by atoms with Gasteiger partial charge in [-0.05, 0) is 12.5 Å². The third-order valence-corrected chi connectivity index (χ3v) is 3.07. The zero-order valence-corrected chi connectivity index (χ0v) is 9.50.